The number of aromatic nitrogens is 1. The van der Waals surface area contributed by atoms with Crippen molar-refractivity contribution in [3.8, 4) is 23.0 Å². The Balaban J connectivity index is 1.26. The molecule has 3 heterocycles. The molecule has 5 heteroatoms. The molecular formula is C25H26N2O3. The van der Waals surface area contributed by atoms with Crippen LogP contribution in [0, 0.1) is 6.92 Å². The van der Waals surface area contributed by atoms with Gasteiger partial charge in [-0.15, -0.1) is 0 Å². The number of benzene rings is 2. The van der Waals surface area contributed by atoms with Crippen molar-refractivity contribution in [2.45, 2.75) is 32.4 Å². The fraction of sp³-hybridized carbons (Fsp3) is 0.320. The molecule has 0 amide bonds. The number of hydrogen-bond donors (Lipinski definition) is 0. The zero-order chi connectivity index (χ0) is 20.3. The third-order valence-corrected chi connectivity index (χ3v) is 5.74. The molecule has 0 unspecified atom stereocenters. The van der Waals surface area contributed by atoms with Gasteiger partial charge >= 0.3 is 0 Å². The van der Waals surface area contributed by atoms with Crippen molar-refractivity contribution >= 4 is 0 Å². The standard InChI is InChI=1S/C25H26N2O3/c1-18-4-8-22(16-26-18)30-21-9-5-19(6-10-21)17-27-12-2-3-23(27)20-7-11-24-25(15-20)29-14-13-28-24/h4-11,15-16,23H,2-3,12-14,17H2,1H3/t23-/m1/s1. The zero-order valence-electron chi connectivity index (χ0n) is 17.2. The van der Waals surface area contributed by atoms with E-state index in [1.54, 1.807) is 6.20 Å². The Hall–Kier alpha value is -3.05. The third-order valence-electron chi connectivity index (χ3n) is 5.74. The molecule has 1 fully saturated rings. The van der Waals surface area contributed by atoms with Crippen LogP contribution in [0.1, 0.15) is 35.7 Å². The van der Waals surface area contributed by atoms with Gasteiger partial charge < -0.3 is 14.2 Å². The Labute approximate surface area is 177 Å². The van der Waals surface area contributed by atoms with Crippen molar-refractivity contribution in [2.24, 2.45) is 0 Å². The van der Waals surface area contributed by atoms with Crippen LogP contribution >= 0.6 is 0 Å². The number of nitrogens with zero attached hydrogens (tertiary/aromatic N) is 2. The van der Waals surface area contributed by atoms with Gasteiger partial charge in [-0.1, -0.05) is 18.2 Å². The molecule has 1 aromatic heterocycles. The number of likely N-dealkylation sites (tertiary alicyclic amines) is 1. The molecule has 30 heavy (non-hydrogen) atoms. The predicted molar refractivity (Wildman–Crippen MR) is 115 cm³/mol. The predicted octanol–water partition coefficient (Wildman–Crippen LogP) is 5.29. The van der Waals surface area contributed by atoms with Gasteiger partial charge in [-0.3, -0.25) is 9.88 Å². The van der Waals surface area contributed by atoms with Crippen LogP contribution in [0.5, 0.6) is 23.0 Å². The first-order valence-corrected chi connectivity index (χ1v) is 10.6. The van der Waals surface area contributed by atoms with Crippen LogP contribution in [0.4, 0.5) is 0 Å². The molecule has 154 valence electrons. The molecule has 5 nitrogen and oxygen atoms in total. The van der Waals surface area contributed by atoms with E-state index in [1.165, 1.54) is 24.0 Å². The quantitative estimate of drug-likeness (QED) is 0.580. The Bertz CT molecular complexity index is 1000. The van der Waals surface area contributed by atoms with Gasteiger partial charge in [-0.25, -0.2) is 0 Å². The minimum absolute atomic E-state index is 0.412. The lowest BCUT2D eigenvalue weighted by atomic mass is 10.0. The number of pyridine rings is 1. The Morgan fingerprint density at radius 2 is 1.77 bits per heavy atom. The Kier molecular flexibility index (Phi) is 5.28. The van der Waals surface area contributed by atoms with Gasteiger partial charge in [0.05, 0.1) is 6.20 Å². The van der Waals surface area contributed by atoms with Gasteiger partial charge in [0, 0.05) is 18.3 Å². The van der Waals surface area contributed by atoms with Crippen molar-refractivity contribution in [1.29, 1.82) is 0 Å². The van der Waals surface area contributed by atoms with E-state index < -0.39 is 0 Å². The van der Waals surface area contributed by atoms with Crippen molar-refractivity contribution in [3.63, 3.8) is 0 Å². The highest BCUT2D eigenvalue weighted by atomic mass is 16.6. The van der Waals surface area contributed by atoms with Crippen molar-refractivity contribution in [2.75, 3.05) is 19.8 Å². The summed E-state index contributed by atoms with van der Waals surface area (Å²) >= 11 is 0. The van der Waals surface area contributed by atoms with E-state index in [0.29, 0.717) is 19.3 Å². The third kappa shape index (κ3) is 4.12. The summed E-state index contributed by atoms with van der Waals surface area (Å²) in [4.78, 5) is 6.82. The van der Waals surface area contributed by atoms with Crippen LogP contribution in [-0.4, -0.2) is 29.6 Å². The molecule has 2 aliphatic rings. The molecule has 5 rings (SSSR count). The van der Waals surface area contributed by atoms with E-state index in [2.05, 4.69) is 34.1 Å². The first-order valence-electron chi connectivity index (χ1n) is 10.6. The summed E-state index contributed by atoms with van der Waals surface area (Å²) < 4.78 is 17.4. The smallest absolute Gasteiger partial charge is 0.161 e. The summed E-state index contributed by atoms with van der Waals surface area (Å²) in [5.41, 5.74) is 3.58. The van der Waals surface area contributed by atoms with Gasteiger partial charge in [-0.05, 0) is 73.8 Å². The maximum absolute atomic E-state index is 5.90. The van der Waals surface area contributed by atoms with Crippen molar-refractivity contribution < 1.29 is 14.2 Å². The minimum Gasteiger partial charge on any atom is -0.486 e. The molecule has 1 atom stereocenters. The van der Waals surface area contributed by atoms with Gasteiger partial charge in [0.25, 0.3) is 0 Å². The van der Waals surface area contributed by atoms with Crippen LogP contribution in [-0.2, 0) is 6.54 Å². The highest BCUT2D eigenvalue weighted by molar-refractivity contribution is 5.45. The lowest BCUT2D eigenvalue weighted by molar-refractivity contribution is 0.170. The highest BCUT2D eigenvalue weighted by Gasteiger charge is 2.27. The number of aryl methyl sites for hydroxylation is 1. The fourth-order valence-electron chi connectivity index (χ4n) is 4.21. The second kappa shape index (κ2) is 8.36. The topological polar surface area (TPSA) is 43.8 Å². The van der Waals surface area contributed by atoms with E-state index in [0.717, 1.165) is 41.8 Å². The van der Waals surface area contributed by atoms with E-state index in [-0.39, 0.29) is 0 Å². The van der Waals surface area contributed by atoms with Crippen LogP contribution in [0.3, 0.4) is 0 Å². The van der Waals surface area contributed by atoms with Crippen LogP contribution < -0.4 is 14.2 Å². The van der Waals surface area contributed by atoms with E-state index in [4.69, 9.17) is 14.2 Å². The van der Waals surface area contributed by atoms with Gasteiger partial charge in [0.1, 0.15) is 24.7 Å². The first kappa shape index (κ1) is 18.9. The molecule has 0 N–H and O–H groups in total. The Morgan fingerprint density at radius 1 is 0.967 bits per heavy atom. The molecule has 1 saturated heterocycles. The lowest BCUT2D eigenvalue weighted by Crippen LogP contribution is -2.23. The number of hydrogen-bond acceptors (Lipinski definition) is 5. The summed E-state index contributed by atoms with van der Waals surface area (Å²) in [6, 6.07) is 19.1. The molecule has 0 radical (unpaired) electrons. The molecule has 0 aliphatic carbocycles. The maximum Gasteiger partial charge on any atom is 0.161 e. The van der Waals surface area contributed by atoms with E-state index >= 15 is 0 Å². The summed E-state index contributed by atoms with van der Waals surface area (Å²) in [7, 11) is 0. The van der Waals surface area contributed by atoms with Gasteiger partial charge in [0.15, 0.2) is 11.5 Å². The second-order valence-corrected chi connectivity index (χ2v) is 7.91. The molecule has 0 saturated carbocycles. The average Bonchev–Trinajstić information content (AvgIpc) is 3.24. The molecule has 0 spiro atoms. The van der Waals surface area contributed by atoms with E-state index in [1.807, 2.05) is 37.3 Å². The van der Waals surface area contributed by atoms with Gasteiger partial charge in [0.2, 0.25) is 0 Å². The van der Waals surface area contributed by atoms with Crippen LogP contribution in [0.25, 0.3) is 0 Å². The normalized spacial score (nSPS) is 18.4. The fourth-order valence-corrected chi connectivity index (χ4v) is 4.21. The molecule has 2 aromatic carbocycles. The lowest BCUT2D eigenvalue weighted by Gasteiger charge is -2.26. The summed E-state index contributed by atoms with van der Waals surface area (Å²) in [5, 5.41) is 0. The second-order valence-electron chi connectivity index (χ2n) is 7.91. The van der Waals surface area contributed by atoms with Crippen LogP contribution in [0.15, 0.2) is 60.8 Å². The number of rotatable bonds is 5. The average molecular weight is 402 g/mol. The van der Waals surface area contributed by atoms with Crippen molar-refractivity contribution in [1.82, 2.24) is 9.88 Å². The monoisotopic (exact) mass is 402 g/mol. The summed E-state index contributed by atoms with van der Waals surface area (Å²) in [5.74, 6) is 3.31. The summed E-state index contributed by atoms with van der Waals surface area (Å²) in [6.45, 7) is 5.24. The van der Waals surface area contributed by atoms with Crippen molar-refractivity contribution in [3.05, 3.63) is 77.6 Å². The first-order chi connectivity index (χ1) is 14.7. The Morgan fingerprint density at radius 3 is 2.57 bits per heavy atom. The minimum atomic E-state index is 0.412. The largest absolute Gasteiger partial charge is 0.486 e. The molecule has 3 aromatic rings. The number of fused-ring (bicyclic) bond motifs is 1. The van der Waals surface area contributed by atoms with Crippen LogP contribution in [0.2, 0.25) is 0 Å². The molecular weight excluding hydrogens is 376 g/mol. The zero-order valence-corrected chi connectivity index (χ0v) is 17.2. The van der Waals surface area contributed by atoms with E-state index in [9.17, 15) is 0 Å². The maximum atomic E-state index is 5.90. The summed E-state index contributed by atoms with van der Waals surface area (Å²) in [6.07, 6.45) is 4.13. The SMILES string of the molecule is Cc1ccc(Oc2ccc(CN3CCC[C@@H]3c3ccc4c(c3)OCCO4)cc2)cn1. The van der Waals surface area contributed by atoms with Gasteiger partial charge in [-0.2, -0.15) is 0 Å². The molecule has 0 bridgehead atoms. The highest BCUT2D eigenvalue weighted by Crippen LogP contribution is 2.38. The molecule has 2 aliphatic heterocycles. The number of ether oxygens (including phenoxy) is 3.